The molecule has 0 bridgehead atoms. The standard InChI is InChI=1S/C17H25O2/c1-3-5-7-8-10-15-11-9-12-16(14-15)19-17(18)13-6-4-2/h9,11-12,14H,1,3-8,10,13H2,2H3. The van der Waals surface area contributed by atoms with Crippen LogP contribution in [-0.2, 0) is 11.2 Å². The highest BCUT2D eigenvalue weighted by Gasteiger charge is 2.04. The van der Waals surface area contributed by atoms with E-state index in [1.165, 1.54) is 24.8 Å². The Labute approximate surface area is 117 Å². The molecule has 0 atom stereocenters. The molecule has 0 amide bonds. The third-order valence-corrected chi connectivity index (χ3v) is 3.08. The van der Waals surface area contributed by atoms with E-state index >= 15 is 0 Å². The van der Waals surface area contributed by atoms with Crippen LogP contribution in [0.4, 0.5) is 0 Å². The van der Waals surface area contributed by atoms with Crippen molar-refractivity contribution >= 4 is 5.97 Å². The largest absolute Gasteiger partial charge is 0.427 e. The number of aryl methyl sites for hydroxylation is 1. The van der Waals surface area contributed by atoms with Crippen LogP contribution in [0.1, 0.15) is 57.4 Å². The van der Waals surface area contributed by atoms with Gasteiger partial charge >= 0.3 is 5.97 Å². The molecule has 1 radical (unpaired) electrons. The van der Waals surface area contributed by atoms with E-state index in [1.807, 2.05) is 18.2 Å². The van der Waals surface area contributed by atoms with Crippen molar-refractivity contribution in [1.82, 2.24) is 0 Å². The minimum absolute atomic E-state index is 0.129. The molecule has 0 spiro atoms. The monoisotopic (exact) mass is 261 g/mol. The van der Waals surface area contributed by atoms with Gasteiger partial charge in [-0.3, -0.25) is 4.79 Å². The second-order valence-electron chi connectivity index (χ2n) is 4.89. The lowest BCUT2D eigenvalue weighted by molar-refractivity contribution is -0.134. The van der Waals surface area contributed by atoms with Gasteiger partial charge < -0.3 is 4.74 Å². The lowest BCUT2D eigenvalue weighted by atomic mass is 10.1. The molecule has 2 heteroatoms. The first-order valence-corrected chi connectivity index (χ1v) is 7.35. The van der Waals surface area contributed by atoms with Gasteiger partial charge in [-0.05, 0) is 37.0 Å². The van der Waals surface area contributed by atoms with E-state index in [-0.39, 0.29) is 5.97 Å². The van der Waals surface area contributed by atoms with Crippen LogP contribution in [0.2, 0.25) is 0 Å². The predicted molar refractivity (Wildman–Crippen MR) is 79.1 cm³/mol. The smallest absolute Gasteiger partial charge is 0.311 e. The Kier molecular flexibility index (Phi) is 7.95. The zero-order chi connectivity index (χ0) is 13.9. The minimum Gasteiger partial charge on any atom is -0.427 e. The summed E-state index contributed by atoms with van der Waals surface area (Å²) in [4.78, 5) is 11.6. The molecule has 0 saturated carbocycles. The van der Waals surface area contributed by atoms with Crippen LogP contribution in [0, 0.1) is 6.92 Å². The number of unbranched alkanes of at least 4 members (excludes halogenated alkanes) is 4. The Morgan fingerprint density at radius 1 is 1.21 bits per heavy atom. The summed E-state index contributed by atoms with van der Waals surface area (Å²) in [5.41, 5.74) is 1.24. The molecule has 0 aromatic heterocycles. The van der Waals surface area contributed by atoms with Gasteiger partial charge in [-0.25, -0.2) is 0 Å². The first-order valence-electron chi connectivity index (χ1n) is 7.35. The summed E-state index contributed by atoms with van der Waals surface area (Å²) in [6.45, 7) is 5.91. The summed E-state index contributed by atoms with van der Waals surface area (Å²) in [6.07, 6.45) is 8.03. The summed E-state index contributed by atoms with van der Waals surface area (Å²) < 4.78 is 5.34. The fraction of sp³-hybridized carbons (Fsp3) is 0.529. The number of hydrogen-bond acceptors (Lipinski definition) is 2. The summed E-state index contributed by atoms with van der Waals surface area (Å²) in [5, 5.41) is 0. The Hall–Kier alpha value is -1.31. The molecule has 1 rings (SSSR count). The first-order chi connectivity index (χ1) is 9.26. The molecular weight excluding hydrogens is 236 g/mol. The highest BCUT2D eigenvalue weighted by Crippen LogP contribution is 2.16. The molecule has 0 aliphatic rings. The fourth-order valence-electron chi connectivity index (χ4n) is 1.95. The number of ether oxygens (including phenoxy) is 1. The molecule has 1 aromatic carbocycles. The van der Waals surface area contributed by atoms with Crippen LogP contribution in [0.25, 0.3) is 0 Å². The molecule has 105 valence electrons. The van der Waals surface area contributed by atoms with Crippen molar-refractivity contribution in [1.29, 1.82) is 0 Å². The zero-order valence-electron chi connectivity index (χ0n) is 12.0. The van der Waals surface area contributed by atoms with Gasteiger partial charge in [-0.15, -0.1) is 0 Å². The topological polar surface area (TPSA) is 26.3 Å². The second kappa shape index (κ2) is 9.60. The Balaban J connectivity index is 2.40. The van der Waals surface area contributed by atoms with Gasteiger partial charge in [-0.1, -0.05) is 51.7 Å². The maximum absolute atomic E-state index is 11.6. The van der Waals surface area contributed by atoms with E-state index in [2.05, 4.69) is 19.9 Å². The SMILES string of the molecule is [CH2]CCCCCc1cccc(OC(=O)CCCC)c1. The van der Waals surface area contributed by atoms with Crippen LogP contribution in [-0.4, -0.2) is 5.97 Å². The number of rotatable bonds is 9. The van der Waals surface area contributed by atoms with E-state index in [4.69, 9.17) is 4.74 Å². The molecule has 0 fully saturated rings. The maximum atomic E-state index is 11.6. The highest BCUT2D eigenvalue weighted by molar-refractivity contribution is 5.72. The summed E-state index contributed by atoms with van der Waals surface area (Å²) in [6, 6.07) is 7.88. The lowest BCUT2D eigenvalue weighted by Gasteiger charge is -2.06. The number of hydrogen-bond donors (Lipinski definition) is 0. The number of esters is 1. The lowest BCUT2D eigenvalue weighted by Crippen LogP contribution is -2.07. The van der Waals surface area contributed by atoms with Crippen LogP contribution in [0.5, 0.6) is 5.75 Å². The van der Waals surface area contributed by atoms with Gasteiger partial charge in [-0.2, -0.15) is 0 Å². The van der Waals surface area contributed by atoms with E-state index < -0.39 is 0 Å². The molecule has 1 aromatic rings. The molecule has 0 aliphatic carbocycles. The Morgan fingerprint density at radius 3 is 2.79 bits per heavy atom. The van der Waals surface area contributed by atoms with Crippen molar-refractivity contribution in [2.75, 3.05) is 0 Å². The van der Waals surface area contributed by atoms with Crippen LogP contribution in [0.15, 0.2) is 24.3 Å². The predicted octanol–water partition coefficient (Wildman–Crippen LogP) is 4.72. The molecule has 0 aliphatic heterocycles. The third kappa shape index (κ3) is 7.00. The average Bonchev–Trinajstić information content (AvgIpc) is 2.42. The summed E-state index contributed by atoms with van der Waals surface area (Å²) in [7, 11) is 0. The Bertz CT molecular complexity index is 371. The van der Waals surface area contributed by atoms with Gasteiger partial charge in [0.15, 0.2) is 0 Å². The quantitative estimate of drug-likeness (QED) is 0.365. The number of carbonyl (C=O) groups excluding carboxylic acids is 1. The minimum atomic E-state index is -0.129. The van der Waals surface area contributed by atoms with E-state index in [9.17, 15) is 4.79 Å². The molecular formula is C17H25O2. The van der Waals surface area contributed by atoms with Crippen molar-refractivity contribution in [3.05, 3.63) is 36.8 Å². The molecule has 19 heavy (non-hydrogen) atoms. The fourth-order valence-corrected chi connectivity index (χ4v) is 1.95. The van der Waals surface area contributed by atoms with Gasteiger partial charge in [0.1, 0.15) is 5.75 Å². The van der Waals surface area contributed by atoms with E-state index in [0.29, 0.717) is 12.2 Å². The van der Waals surface area contributed by atoms with Crippen LogP contribution in [0.3, 0.4) is 0 Å². The van der Waals surface area contributed by atoms with Gasteiger partial charge in [0.25, 0.3) is 0 Å². The van der Waals surface area contributed by atoms with Gasteiger partial charge in [0, 0.05) is 6.42 Å². The maximum Gasteiger partial charge on any atom is 0.311 e. The average molecular weight is 261 g/mol. The van der Waals surface area contributed by atoms with E-state index in [1.54, 1.807) is 0 Å². The van der Waals surface area contributed by atoms with Crippen molar-refractivity contribution in [2.45, 2.75) is 58.3 Å². The normalized spacial score (nSPS) is 10.4. The highest BCUT2D eigenvalue weighted by atomic mass is 16.5. The van der Waals surface area contributed by atoms with Gasteiger partial charge in [0.05, 0.1) is 0 Å². The number of carbonyl (C=O) groups is 1. The van der Waals surface area contributed by atoms with Crippen LogP contribution >= 0.6 is 0 Å². The molecule has 0 heterocycles. The van der Waals surface area contributed by atoms with Crippen molar-refractivity contribution in [3.8, 4) is 5.75 Å². The summed E-state index contributed by atoms with van der Waals surface area (Å²) in [5.74, 6) is 0.548. The second-order valence-corrected chi connectivity index (χ2v) is 4.89. The number of benzene rings is 1. The zero-order valence-corrected chi connectivity index (χ0v) is 12.0. The molecule has 0 saturated heterocycles. The molecule has 0 unspecified atom stereocenters. The third-order valence-electron chi connectivity index (χ3n) is 3.08. The Morgan fingerprint density at radius 2 is 2.05 bits per heavy atom. The van der Waals surface area contributed by atoms with Crippen molar-refractivity contribution in [2.24, 2.45) is 0 Å². The summed E-state index contributed by atoms with van der Waals surface area (Å²) >= 11 is 0. The van der Waals surface area contributed by atoms with Crippen LogP contribution < -0.4 is 4.74 Å². The van der Waals surface area contributed by atoms with Gasteiger partial charge in [0.2, 0.25) is 0 Å². The van der Waals surface area contributed by atoms with Crippen molar-refractivity contribution in [3.63, 3.8) is 0 Å². The first kappa shape index (κ1) is 15.7. The van der Waals surface area contributed by atoms with Crippen molar-refractivity contribution < 1.29 is 9.53 Å². The molecule has 0 N–H and O–H groups in total. The van der Waals surface area contributed by atoms with E-state index in [0.717, 1.165) is 25.7 Å². The molecule has 2 nitrogen and oxygen atoms in total.